The summed E-state index contributed by atoms with van der Waals surface area (Å²) >= 11 is 15.3. The summed E-state index contributed by atoms with van der Waals surface area (Å²) in [5.41, 5.74) is 2.93. The highest BCUT2D eigenvalue weighted by atomic mass is 35.5. The van der Waals surface area contributed by atoms with Crippen LogP contribution in [0, 0.1) is 0 Å². The molecule has 0 radical (unpaired) electrons. The quantitative estimate of drug-likeness (QED) is 0.885. The molecule has 0 saturated carbocycles. The number of aromatic nitrogens is 1. The number of hydrogen-bond donors (Lipinski definition) is 1. The van der Waals surface area contributed by atoms with Crippen LogP contribution in [0.2, 0.25) is 8.67 Å². The maximum absolute atomic E-state index is 6.20. The molecule has 17 heavy (non-hydrogen) atoms. The molecule has 0 amide bonds. The summed E-state index contributed by atoms with van der Waals surface area (Å²) in [5.74, 6) is 0. The molecule has 0 fully saturated rings. The summed E-state index contributed by atoms with van der Waals surface area (Å²) in [6.07, 6.45) is 2.79. The normalized spacial score (nSPS) is 12.9. The Kier molecular flexibility index (Phi) is 4.82. The fourth-order valence-electron chi connectivity index (χ4n) is 1.67. The van der Waals surface area contributed by atoms with Gasteiger partial charge in [-0.25, -0.2) is 0 Å². The van der Waals surface area contributed by atoms with Crippen LogP contribution in [-0.2, 0) is 6.42 Å². The number of halogens is 2. The topological polar surface area (TPSA) is 24.9 Å². The number of likely N-dealkylation sites (N-methyl/N-ethyl adjacent to an activating group) is 1. The minimum absolute atomic E-state index is 0.205. The average Bonchev–Trinajstić information content (AvgIpc) is 2.88. The first-order valence-electron chi connectivity index (χ1n) is 5.26. The fourth-order valence-corrected chi connectivity index (χ4v) is 3.89. The van der Waals surface area contributed by atoms with Crippen molar-refractivity contribution in [3.8, 4) is 0 Å². The van der Waals surface area contributed by atoms with Gasteiger partial charge in [-0.1, -0.05) is 30.1 Å². The van der Waals surface area contributed by atoms with E-state index < -0.39 is 0 Å². The van der Waals surface area contributed by atoms with Crippen molar-refractivity contribution in [1.29, 1.82) is 0 Å². The van der Waals surface area contributed by atoms with Crippen molar-refractivity contribution in [2.45, 2.75) is 19.4 Å². The second-order valence-corrected chi connectivity index (χ2v) is 6.82. The van der Waals surface area contributed by atoms with Gasteiger partial charge in [-0.2, -0.15) is 0 Å². The van der Waals surface area contributed by atoms with E-state index in [-0.39, 0.29) is 6.04 Å². The van der Waals surface area contributed by atoms with E-state index in [1.807, 2.05) is 17.8 Å². The van der Waals surface area contributed by atoms with Gasteiger partial charge in [0.25, 0.3) is 0 Å². The van der Waals surface area contributed by atoms with Crippen molar-refractivity contribution < 1.29 is 0 Å². The number of rotatable bonds is 5. The molecule has 0 spiro atoms. The zero-order chi connectivity index (χ0) is 12.3. The van der Waals surface area contributed by atoms with E-state index >= 15 is 0 Å². The lowest BCUT2D eigenvalue weighted by Crippen LogP contribution is -2.22. The molecule has 92 valence electrons. The highest BCUT2D eigenvalue weighted by Gasteiger charge is 2.17. The van der Waals surface area contributed by atoms with Crippen molar-refractivity contribution in [3.63, 3.8) is 0 Å². The van der Waals surface area contributed by atoms with Gasteiger partial charge in [0.05, 0.1) is 14.2 Å². The van der Waals surface area contributed by atoms with Gasteiger partial charge in [0.1, 0.15) is 0 Å². The summed E-state index contributed by atoms with van der Waals surface area (Å²) in [5, 5.41) is 3.43. The molecule has 2 nitrogen and oxygen atoms in total. The summed E-state index contributed by atoms with van der Waals surface area (Å²) in [6, 6.07) is 2.15. The molecular formula is C11H12Cl2N2S2. The second kappa shape index (κ2) is 6.16. The Bertz CT molecular complexity index is 468. The number of thiazole rings is 1. The highest BCUT2D eigenvalue weighted by molar-refractivity contribution is 7.20. The van der Waals surface area contributed by atoms with Gasteiger partial charge in [-0.15, -0.1) is 22.7 Å². The number of nitrogens with one attached hydrogen (secondary N) is 1. The Hall–Kier alpha value is -0.130. The average molecular weight is 307 g/mol. The molecule has 1 N–H and O–H groups in total. The van der Waals surface area contributed by atoms with Crippen LogP contribution in [0.1, 0.15) is 23.4 Å². The summed E-state index contributed by atoms with van der Waals surface area (Å²) in [6.45, 7) is 2.98. The molecule has 2 heterocycles. The van der Waals surface area contributed by atoms with E-state index in [1.165, 1.54) is 16.2 Å². The van der Waals surface area contributed by atoms with Crippen LogP contribution in [0.5, 0.6) is 0 Å². The van der Waals surface area contributed by atoms with E-state index in [1.54, 1.807) is 11.3 Å². The minimum Gasteiger partial charge on any atom is -0.310 e. The van der Waals surface area contributed by atoms with Crippen molar-refractivity contribution in [2.75, 3.05) is 6.54 Å². The van der Waals surface area contributed by atoms with Gasteiger partial charge in [0.2, 0.25) is 0 Å². The highest BCUT2D eigenvalue weighted by Crippen LogP contribution is 2.36. The third kappa shape index (κ3) is 3.42. The molecule has 0 aliphatic carbocycles. The van der Waals surface area contributed by atoms with E-state index in [9.17, 15) is 0 Å². The lowest BCUT2D eigenvalue weighted by Gasteiger charge is -2.16. The first-order chi connectivity index (χ1) is 8.20. The van der Waals surface area contributed by atoms with E-state index in [2.05, 4.69) is 17.2 Å². The van der Waals surface area contributed by atoms with Gasteiger partial charge in [-0.3, -0.25) is 4.98 Å². The summed E-state index contributed by atoms with van der Waals surface area (Å²) in [4.78, 5) is 5.34. The first kappa shape index (κ1) is 13.3. The molecule has 2 aromatic rings. The number of nitrogens with zero attached hydrogens (tertiary/aromatic N) is 1. The van der Waals surface area contributed by atoms with Gasteiger partial charge in [0, 0.05) is 29.1 Å². The third-order valence-corrected chi connectivity index (χ3v) is 4.72. The molecule has 0 bridgehead atoms. The van der Waals surface area contributed by atoms with Gasteiger partial charge in [-0.05, 0) is 12.6 Å². The van der Waals surface area contributed by atoms with E-state index in [4.69, 9.17) is 23.2 Å². The molecule has 2 rings (SSSR count). The van der Waals surface area contributed by atoms with Crippen LogP contribution in [0.3, 0.4) is 0 Å². The van der Waals surface area contributed by atoms with Crippen LogP contribution >= 0.6 is 45.9 Å². The maximum atomic E-state index is 6.20. The van der Waals surface area contributed by atoms with E-state index in [0.717, 1.165) is 27.2 Å². The Morgan fingerprint density at radius 3 is 2.82 bits per heavy atom. The molecule has 0 aliphatic rings. The van der Waals surface area contributed by atoms with E-state index in [0.29, 0.717) is 0 Å². The van der Waals surface area contributed by atoms with Crippen molar-refractivity contribution in [2.24, 2.45) is 0 Å². The predicted molar refractivity (Wildman–Crippen MR) is 76.6 cm³/mol. The van der Waals surface area contributed by atoms with Crippen molar-refractivity contribution >= 4 is 45.9 Å². The third-order valence-electron chi connectivity index (χ3n) is 2.40. The van der Waals surface area contributed by atoms with Gasteiger partial charge in [0.15, 0.2) is 0 Å². The SMILES string of the molecule is CCNC(Cc1cncs1)c1cc(Cl)sc1Cl. The molecular weight excluding hydrogens is 295 g/mol. The molecule has 1 atom stereocenters. The molecule has 6 heteroatoms. The molecule has 0 aromatic carbocycles. The van der Waals surface area contributed by atoms with Crippen molar-refractivity contribution in [3.05, 3.63) is 36.9 Å². The second-order valence-electron chi connectivity index (χ2n) is 3.56. The molecule has 2 aromatic heterocycles. The Morgan fingerprint density at radius 2 is 2.29 bits per heavy atom. The van der Waals surface area contributed by atoms with Crippen LogP contribution in [0.4, 0.5) is 0 Å². The number of hydrogen-bond acceptors (Lipinski definition) is 4. The largest absolute Gasteiger partial charge is 0.310 e. The molecule has 0 saturated heterocycles. The van der Waals surface area contributed by atoms with Crippen LogP contribution in [-0.4, -0.2) is 11.5 Å². The maximum Gasteiger partial charge on any atom is 0.0992 e. The zero-order valence-corrected chi connectivity index (χ0v) is 12.4. The summed E-state index contributed by atoms with van der Waals surface area (Å²) < 4.78 is 1.50. The molecule has 1 unspecified atom stereocenters. The fraction of sp³-hybridized carbons (Fsp3) is 0.364. The minimum atomic E-state index is 0.205. The van der Waals surface area contributed by atoms with Crippen LogP contribution < -0.4 is 5.32 Å². The molecule has 0 aliphatic heterocycles. The van der Waals surface area contributed by atoms with Crippen LogP contribution in [0.25, 0.3) is 0 Å². The van der Waals surface area contributed by atoms with Crippen molar-refractivity contribution in [1.82, 2.24) is 10.3 Å². The Morgan fingerprint density at radius 1 is 1.47 bits per heavy atom. The summed E-state index contributed by atoms with van der Waals surface area (Å²) in [7, 11) is 0. The number of thiophene rings is 1. The standard InChI is InChI=1S/C11H12Cl2N2S2/c1-2-15-9(3-7-5-14-6-16-7)8-4-10(12)17-11(8)13/h4-6,9,15H,2-3H2,1H3. The Balaban J connectivity index is 2.19. The monoisotopic (exact) mass is 306 g/mol. The zero-order valence-electron chi connectivity index (χ0n) is 9.24. The van der Waals surface area contributed by atoms with Gasteiger partial charge < -0.3 is 5.32 Å². The predicted octanol–water partition coefficient (Wildman–Crippen LogP) is 4.40. The van der Waals surface area contributed by atoms with Crippen LogP contribution in [0.15, 0.2) is 17.8 Å². The first-order valence-corrected chi connectivity index (χ1v) is 7.71. The smallest absolute Gasteiger partial charge is 0.0992 e. The lowest BCUT2D eigenvalue weighted by atomic mass is 10.1. The van der Waals surface area contributed by atoms with Gasteiger partial charge >= 0.3 is 0 Å². The lowest BCUT2D eigenvalue weighted by molar-refractivity contribution is 0.554. The Labute approximate surface area is 119 Å².